The highest BCUT2D eigenvalue weighted by Crippen LogP contribution is 2.14. The lowest BCUT2D eigenvalue weighted by Gasteiger charge is -2.07. The molecule has 1 aromatic rings. The summed E-state index contributed by atoms with van der Waals surface area (Å²) in [6.07, 6.45) is 0. The van der Waals surface area contributed by atoms with Gasteiger partial charge in [-0.2, -0.15) is 0 Å². The second kappa shape index (κ2) is 5.91. The van der Waals surface area contributed by atoms with Crippen LogP contribution in [-0.4, -0.2) is 29.9 Å². The average Bonchev–Trinajstić information content (AvgIpc) is 2.84. The van der Waals surface area contributed by atoms with Gasteiger partial charge in [0.25, 0.3) is 0 Å². The summed E-state index contributed by atoms with van der Waals surface area (Å²) < 4.78 is 0. The standard InChI is InChI=1S/C13H17N3OS/c1-9-3-4-11(7-10(9)2)16-12(17)8-18-13-14-5-6-15-13/h3-4,7H,5-6,8H2,1-2H3,(H,14,15)(H,16,17). The number of carbonyl (C=O) groups excluding carboxylic acids is 1. The normalized spacial score (nSPS) is 14.0. The van der Waals surface area contributed by atoms with Crippen molar-refractivity contribution in [1.29, 1.82) is 0 Å². The zero-order valence-corrected chi connectivity index (χ0v) is 11.4. The number of amidine groups is 1. The molecule has 0 aliphatic carbocycles. The number of nitrogens with zero attached hydrogens (tertiary/aromatic N) is 1. The number of nitrogens with one attached hydrogen (secondary N) is 2. The summed E-state index contributed by atoms with van der Waals surface area (Å²) in [4.78, 5) is 16.0. The molecule has 4 nitrogen and oxygen atoms in total. The fourth-order valence-corrected chi connectivity index (χ4v) is 2.35. The number of carbonyl (C=O) groups is 1. The number of hydrogen-bond donors (Lipinski definition) is 2. The van der Waals surface area contributed by atoms with Gasteiger partial charge in [0.2, 0.25) is 5.91 Å². The van der Waals surface area contributed by atoms with E-state index in [1.54, 1.807) is 0 Å². The van der Waals surface area contributed by atoms with Crippen molar-refractivity contribution >= 4 is 28.5 Å². The van der Waals surface area contributed by atoms with Gasteiger partial charge in [-0.05, 0) is 37.1 Å². The van der Waals surface area contributed by atoms with E-state index < -0.39 is 0 Å². The summed E-state index contributed by atoms with van der Waals surface area (Å²) in [6, 6.07) is 5.93. The first kappa shape index (κ1) is 13.0. The molecule has 0 unspecified atom stereocenters. The van der Waals surface area contributed by atoms with Crippen LogP contribution in [0, 0.1) is 13.8 Å². The minimum Gasteiger partial charge on any atom is -0.363 e. The van der Waals surface area contributed by atoms with Gasteiger partial charge in [0.05, 0.1) is 12.3 Å². The van der Waals surface area contributed by atoms with Crippen LogP contribution in [0.25, 0.3) is 0 Å². The van der Waals surface area contributed by atoms with Crippen LogP contribution in [0.15, 0.2) is 23.2 Å². The molecule has 0 saturated heterocycles. The molecule has 2 rings (SSSR count). The summed E-state index contributed by atoms with van der Waals surface area (Å²) in [6.45, 7) is 5.78. The minimum absolute atomic E-state index is 0.000321. The molecule has 96 valence electrons. The van der Waals surface area contributed by atoms with Gasteiger partial charge in [-0.1, -0.05) is 17.8 Å². The monoisotopic (exact) mass is 263 g/mol. The van der Waals surface area contributed by atoms with Gasteiger partial charge in [0, 0.05) is 12.2 Å². The molecule has 0 saturated carbocycles. The molecule has 0 bridgehead atoms. The van der Waals surface area contributed by atoms with E-state index in [9.17, 15) is 4.79 Å². The molecule has 5 heteroatoms. The number of benzene rings is 1. The van der Waals surface area contributed by atoms with E-state index in [4.69, 9.17) is 0 Å². The van der Waals surface area contributed by atoms with E-state index in [1.165, 1.54) is 22.9 Å². The maximum Gasteiger partial charge on any atom is 0.234 e. The van der Waals surface area contributed by atoms with Crippen molar-refractivity contribution in [2.45, 2.75) is 13.8 Å². The van der Waals surface area contributed by atoms with Crippen LogP contribution < -0.4 is 10.6 Å². The molecular formula is C13H17N3OS. The first-order valence-corrected chi connectivity index (χ1v) is 6.92. The molecule has 18 heavy (non-hydrogen) atoms. The number of aliphatic imine (C=N–C) groups is 1. The molecule has 2 N–H and O–H groups in total. The van der Waals surface area contributed by atoms with Gasteiger partial charge in [-0.15, -0.1) is 0 Å². The predicted molar refractivity (Wildman–Crippen MR) is 77.3 cm³/mol. The highest BCUT2D eigenvalue weighted by Gasteiger charge is 2.09. The Hall–Kier alpha value is -1.49. The van der Waals surface area contributed by atoms with Crippen molar-refractivity contribution in [3.8, 4) is 0 Å². The largest absolute Gasteiger partial charge is 0.363 e. The first-order chi connectivity index (χ1) is 8.65. The van der Waals surface area contributed by atoms with Crippen molar-refractivity contribution in [2.75, 3.05) is 24.2 Å². The van der Waals surface area contributed by atoms with Crippen LogP contribution >= 0.6 is 11.8 Å². The fraction of sp³-hybridized carbons (Fsp3) is 0.385. The summed E-state index contributed by atoms with van der Waals surface area (Å²) in [5, 5.41) is 6.88. The molecule has 1 aliphatic rings. The van der Waals surface area contributed by atoms with Gasteiger partial charge < -0.3 is 10.6 Å². The van der Waals surface area contributed by atoms with Crippen LogP contribution in [0.3, 0.4) is 0 Å². The Kier molecular flexibility index (Phi) is 4.25. The number of rotatable bonds is 3. The Morgan fingerprint density at radius 3 is 2.94 bits per heavy atom. The second-order valence-corrected chi connectivity index (χ2v) is 5.21. The van der Waals surface area contributed by atoms with Gasteiger partial charge in [0.15, 0.2) is 5.17 Å². The number of thioether (sulfide) groups is 1. The lowest BCUT2D eigenvalue weighted by Crippen LogP contribution is -2.20. The van der Waals surface area contributed by atoms with E-state index in [-0.39, 0.29) is 5.91 Å². The number of anilines is 1. The molecule has 1 aromatic carbocycles. The quantitative estimate of drug-likeness (QED) is 0.876. The molecular weight excluding hydrogens is 246 g/mol. The summed E-state index contributed by atoms with van der Waals surface area (Å²) in [7, 11) is 0. The van der Waals surface area contributed by atoms with Gasteiger partial charge in [0.1, 0.15) is 0 Å². The Balaban J connectivity index is 1.84. The lowest BCUT2D eigenvalue weighted by atomic mass is 10.1. The molecule has 1 amide bonds. The molecule has 0 aromatic heterocycles. The minimum atomic E-state index is -0.000321. The maximum absolute atomic E-state index is 11.8. The summed E-state index contributed by atoms with van der Waals surface area (Å²) >= 11 is 1.45. The summed E-state index contributed by atoms with van der Waals surface area (Å²) in [5.74, 6) is 0.387. The Bertz CT molecular complexity index is 485. The summed E-state index contributed by atoms with van der Waals surface area (Å²) in [5.41, 5.74) is 3.26. The van der Waals surface area contributed by atoms with Gasteiger partial charge in [-0.3, -0.25) is 9.79 Å². The molecule has 0 spiro atoms. The van der Waals surface area contributed by atoms with E-state index in [1.807, 2.05) is 25.1 Å². The second-order valence-electron chi connectivity index (χ2n) is 4.25. The number of aryl methyl sites for hydroxylation is 2. The van der Waals surface area contributed by atoms with Gasteiger partial charge >= 0.3 is 0 Å². The highest BCUT2D eigenvalue weighted by molar-refractivity contribution is 8.14. The fourth-order valence-electron chi connectivity index (χ4n) is 1.62. The zero-order valence-electron chi connectivity index (χ0n) is 10.6. The third-order valence-corrected chi connectivity index (χ3v) is 3.73. The first-order valence-electron chi connectivity index (χ1n) is 5.93. The highest BCUT2D eigenvalue weighted by atomic mass is 32.2. The third kappa shape index (κ3) is 3.50. The predicted octanol–water partition coefficient (Wildman–Crippen LogP) is 1.93. The van der Waals surface area contributed by atoms with Gasteiger partial charge in [-0.25, -0.2) is 0 Å². The molecule has 0 fully saturated rings. The van der Waals surface area contributed by atoms with E-state index in [0.717, 1.165) is 23.9 Å². The lowest BCUT2D eigenvalue weighted by molar-refractivity contribution is -0.113. The van der Waals surface area contributed by atoms with Crippen LogP contribution in [0.4, 0.5) is 5.69 Å². The molecule has 0 radical (unpaired) electrons. The number of hydrogen-bond acceptors (Lipinski definition) is 4. The molecule has 1 heterocycles. The van der Waals surface area contributed by atoms with E-state index in [2.05, 4.69) is 22.5 Å². The smallest absolute Gasteiger partial charge is 0.234 e. The van der Waals surface area contributed by atoms with Crippen molar-refractivity contribution in [3.05, 3.63) is 29.3 Å². The van der Waals surface area contributed by atoms with Crippen LogP contribution in [0.5, 0.6) is 0 Å². The van der Waals surface area contributed by atoms with Crippen LogP contribution in [0.1, 0.15) is 11.1 Å². The Morgan fingerprint density at radius 2 is 2.28 bits per heavy atom. The van der Waals surface area contributed by atoms with Crippen LogP contribution in [-0.2, 0) is 4.79 Å². The average molecular weight is 263 g/mol. The number of amides is 1. The molecule has 0 atom stereocenters. The topological polar surface area (TPSA) is 53.5 Å². The Labute approximate surface area is 111 Å². The SMILES string of the molecule is Cc1ccc(NC(=O)CSC2=NCCN2)cc1C. The van der Waals surface area contributed by atoms with Crippen molar-refractivity contribution < 1.29 is 4.79 Å². The van der Waals surface area contributed by atoms with Crippen molar-refractivity contribution in [2.24, 2.45) is 4.99 Å². The molecule has 1 aliphatic heterocycles. The van der Waals surface area contributed by atoms with E-state index in [0.29, 0.717) is 5.75 Å². The third-order valence-electron chi connectivity index (χ3n) is 2.77. The van der Waals surface area contributed by atoms with Crippen molar-refractivity contribution in [1.82, 2.24) is 5.32 Å². The Morgan fingerprint density at radius 1 is 1.44 bits per heavy atom. The maximum atomic E-state index is 11.8. The van der Waals surface area contributed by atoms with E-state index >= 15 is 0 Å². The zero-order chi connectivity index (χ0) is 13.0. The van der Waals surface area contributed by atoms with Crippen molar-refractivity contribution in [3.63, 3.8) is 0 Å². The van der Waals surface area contributed by atoms with Crippen LogP contribution in [0.2, 0.25) is 0 Å².